The van der Waals surface area contributed by atoms with Gasteiger partial charge in [0.05, 0.1) is 21.6 Å². The summed E-state index contributed by atoms with van der Waals surface area (Å²) in [4.78, 5) is 15.2. The normalized spacial score (nSPS) is 11.1. The fourth-order valence-electron chi connectivity index (χ4n) is 5.67. The van der Waals surface area contributed by atoms with Gasteiger partial charge in [0.1, 0.15) is 5.01 Å². The van der Waals surface area contributed by atoms with Gasteiger partial charge >= 0.3 is 0 Å². The predicted octanol–water partition coefficient (Wildman–Crippen LogP) is 11.1. The van der Waals surface area contributed by atoms with Crippen LogP contribution in [0.2, 0.25) is 0 Å². The van der Waals surface area contributed by atoms with Gasteiger partial charge < -0.3 is 0 Å². The predicted molar refractivity (Wildman–Crippen MR) is 188 cm³/mol. The van der Waals surface area contributed by atoms with Gasteiger partial charge in [-0.1, -0.05) is 146 Å². The number of nitrogens with zero attached hydrogens (tertiary/aromatic N) is 3. The van der Waals surface area contributed by atoms with E-state index >= 15 is 0 Å². The minimum atomic E-state index is 0.701. The van der Waals surface area contributed by atoms with Crippen LogP contribution in [0.15, 0.2) is 164 Å². The van der Waals surface area contributed by atoms with Crippen molar-refractivity contribution in [2.45, 2.75) is 0 Å². The van der Waals surface area contributed by atoms with Gasteiger partial charge in [-0.05, 0) is 40.5 Å². The lowest BCUT2D eigenvalue weighted by Crippen LogP contribution is -1.97. The smallest absolute Gasteiger partial charge is 0.160 e. The highest BCUT2D eigenvalue weighted by atomic mass is 32.1. The number of thiazole rings is 1. The van der Waals surface area contributed by atoms with E-state index in [1.807, 2.05) is 30.3 Å². The molecular formula is C41H27N3S. The lowest BCUT2D eigenvalue weighted by Gasteiger charge is -2.13. The topological polar surface area (TPSA) is 38.7 Å². The van der Waals surface area contributed by atoms with Crippen molar-refractivity contribution in [1.29, 1.82) is 0 Å². The van der Waals surface area contributed by atoms with Crippen molar-refractivity contribution in [1.82, 2.24) is 15.0 Å². The van der Waals surface area contributed by atoms with Gasteiger partial charge in [-0.2, -0.15) is 0 Å². The van der Waals surface area contributed by atoms with Crippen LogP contribution < -0.4 is 0 Å². The molecule has 0 aliphatic rings. The van der Waals surface area contributed by atoms with Crippen LogP contribution in [0.4, 0.5) is 0 Å². The van der Waals surface area contributed by atoms with E-state index in [-0.39, 0.29) is 0 Å². The third-order valence-electron chi connectivity index (χ3n) is 7.97. The van der Waals surface area contributed by atoms with Crippen molar-refractivity contribution in [3.63, 3.8) is 0 Å². The van der Waals surface area contributed by atoms with Gasteiger partial charge in [0.25, 0.3) is 0 Å². The molecule has 0 saturated heterocycles. The third-order valence-corrected chi connectivity index (χ3v) is 9.05. The van der Waals surface area contributed by atoms with Crippen LogP contribution in [-0.4, -0.2) is 15.0 Å². The first-order valence-electron chi connectivity index (χ1n) is 14.9. The molecule has 0 bridgehead atoms. The first-order chi connectivity index (χ1) is 22.3. The van der Waals surface area contributed by atoms with Gasteiger partial charge in [0.15, 0.2) is 5.82 Å². The molecule has 0 spiro atoms. The molecule has 8 aromatic rings. The summed E-state index contributed by atoms with van der Waals surface area (Å²) in [6, 6.07) is 56.8. The zero-order valence-electron chi connectivity index (χ0n) is 24.3. The Morgan fingerprint density at radius 3 is 1.60 bits per heavy atom. The van der Waals surface area contributed by atoms with Gasteiger partial charge in [0.2, 0.25) is 0 Å². The summed E-state index contributed by atoms with van der Waals surface area (Å²) in [5.41, 5.74) is 11.6. The van der Waals surface area contributed by atoms with Crippen molar-refractivity contribution < 1.29 is 0 Å². The first kappa shape index (κ1) is 26.9. The number of hydrogen-bond donors (Lipinski definition) is 0. The lowest BCUT2D eigenvalue weighted by atomic mass is 9.96. The summed E-state index contributed by atoms with van der Waals surface area (Å²) in [6.07, 6.45) is 0. The molecule has 0 N–H and O–H groups in total. The average molecular weight is 594 g/mol. The van der Waals surface area contributed by atoms with Crippen molar-refractivity contribution >= 4 is 21.6 Å². The van der Waals surface area contributed by atoms with Crippen LogP contribution >= 0.6 is 11.3 Å². The van der Waals surface area contributed by atoms with E-state index in [9.17, 15) is 0 Å². The average Bonchev–Trinajstić information content (AvgIpc) is 3.56. The molecule has 0 amide bonds. The zero-order chi connectivity index (χ0) is 30.0. The molecule has 2 aromatic heterocycles. The molecule has 4 heteroatoms. The Morgan fingerprint density at radius 1 is 0.356 bits per heavy atom. The van der Waals surface area contributed by atoms with Crippen LogP contribution in [-0.2, 0) is 0 Å². The summed E-state index contributed by atoms with van der Waals surface area (Å²) < 4.78 is 1.17. The summed E-state index contributed by atoms with van der Waals surface area (Å²) in [5.74, 6) is 0.701. The van der Waals surface area contributed by atoms with E-state index in [0.29, 0.717) is 5.82 Å². The van der Waals surface area contributed by atoms with Gasteiger partial charge in [-0.25, -0.2) is 15.0 Å². The molecular weight excluding hydrogens is 567 g/mol. The van der Waals surface area contributed by atoms with Crippen LogP contribution in [0.5, 0.6) is 0 Å². The molecule has 0 unspecified atom stereocenters. The Bertz CT molecular complexity index is 2240. The second kappa shape index (κ2) is 11.8. The molecule has 0 aliphatic heterocycles. The molecule has 3 nitrogen and oxygen atoms in total. The zero-order valence-corrected chi connectivity index (χ0v) is 25.2. The lowest BCUT2D eigenvalue weighted by molar-refractivity contribution is 1.18. The fraction of sp³-hybridized carbons (Fsp3) is 0. The molecule has 0 saturated carbocycles. The molecule has 212 valence electrons. The van der Waals surface area contributed by atoms with Crippen molar-refractivity contribution in [2.24, 2.45) is 0 Å². The monoisotopic (exact) mass is 593 g/mol. The van der Waals surface area contributed by atoms with Crippen molar-refractivity contribution in [3.8, 4) is 66.7 Å². The highest BCUT2D eigenvalue weighted by Gasteiger charge is 2.15. The van der Waals surface area contributed by atoms with Crippen molar-refractivity contribution in [2.75, 3.05) is 0 Å². The second-order valence-electron chi connectivity index (χ2n) is 10.9. The van der Waals surface area contributed by atoms with Gasteiger partial charge in [-0.15, -0.1) is 11.3 Å². The van der Waals surface area contributed by atoms with E-state index in [0.717, 1.165) is 55.3 Å². The number of hydrogen-bond acceptors (Lipinski definition) is 4. The number of aromatic nitrogens is 3. The largest absolute Gasteiger partial charge is 0.236 e. The summed E-state index contributed by atoms with van der Waals surface area (Å²) >= 11 is 1.72. The molecule has 0 fully saturated rings. The minimum absolute atomic E-state index is 0.701. The quantitative estimate of drug-likeness (QED) is 0.192. The maximum atomic E-state index is 5.13. The maximum Gasteiger partial charge on any atom is 0.160 e. The number of benzene rings is 6. The maximum absolute atomic E-state index is 5.13. The Morgan fingerprint density at radius 2 is 0.889 bits per heavy atom. The molecule has 2 heterocycles. The molecule has 0 aliphatic carbocycles. The van der Waals surface area contributed by atoms with Crippen LogP contribution in [0.25, 0.3) is 76.9 Å². The summed E-state index contributed by atoms with van der Waals surface area (Å²) in [6.45, 7) is 0. The number of fused-ring (bicyclic) bond motifs is 1. The highest BCUT2D eigenvalue weighted by molar-refractivity contribution is 7.21. The molecule has 8 rings (SSSR count). The minimum Gasteiger partial charge on any atom is -0.236 e. The van der Waals surface area contributed by atoms with E-state index < -0.39 is 0 Å². The van der Waals surface area contributed by atoms with Gasteiger partial charge in [0, 0.05) is 22.3 Å². The Hall–Kier alpha value is -5.71. The third kappa shape index (κ3) is 5.44. The second-order valence-corrected chi connectivity index (χ2v) is 11.9. The Kier molecular flexibility index (Phi) is 7.02. The van der Waals surface area contributed by atoms with Crippen LogP contribution in [0.1, 0.15) is 0 Å². The molecule has 45 heavy (non-hydrogen) atoms. The Balaban J connectivity index is 1.24. The van der Waals surface area contributed by atoms with Crippen LogP contribution in [0.3, 0.4) is 0 Å². The summed E-state index contributed by atoms with van der Waals surface area (Å²) in [7, 11) is 0. The van der Waals surface area contributed by atoms with E-state index in [1.165, 1.54) is 15.8 Å². The SMILES string of the molecule is c1ccc(-c2ccc(-c3cc(-c4ccccc4-c4ccc5sc(-c6ccccc6)nc5c4)nc(-c4ccccc4)n3)cc2)cc1. The first-order valence-corrected chi connectivity index (χ1v) is 15.8. The van der Waals surface area contributed by atoms with E-state index in [2.05, 4.69) is 133 Å². The van der Waals surface area contributed by atoms with E-state index in [4.69, 9.17) is 15.0 Å². The standard InChI is InChI=1S/C41H27N3S/c1-4-12-28(13-5-1)29-20-22-30(23-21-29)36-27-37(43-40(42-36)31-14-6-2-7-15-31)35-19-11-10-18-34(35)33-24-25-39-38(26-33)44-41(45-39)32-16-8-3-9-17-32/h1-27H. The highest BCUT2D eigenvalue weighted by Crippen LogP contribution is 2.37. The van der Waals surface area contributed by atoms with Crippen LogP contribution in [0, 0.1) is 0 Å². The summed E-state index contributed by atoms with van der Waals surface area (Å²) in [5, 5.41) is 1.03. The fourth-order valence-corrected chi connectivity index (χ4v) is 6.62. The number of rotatable bonds is 6. The molecule has 0 radical (unpaired) electrons. The molecule has 0 atom stereocenters. The van der Waals surface area contributed by atoms with Gasteiger partial charge in [-0.3, -0.25) is 0 Å². The Labute approximate surface area is 266 Å². The van der Waals surface area contributed by atoms with E-state index in [1.54, 1.807) is 11.3 Å². The van der Waals surface area contributed by atoms with Crippen molar-refractivity contribution in [3.05, 3.63) is 164 Å². The molecule has 6 aromatic carbocycles.